The fourth-order valence-electron chi connectivity index (χ4n) is 2.49. The first-order chi connectivity index (χ1) is 9.92. The molecular weight excluding hydrogens is 392 g/mol. The van der Waals surface area contributed by atoms with Gasteiger partial charge in [-0.05, 0) is 0 Å². The number of halogens is 3. The molecule has 0 radical (unpaired) electrons. The van der Waals surface area contributed by atoms with Crippen LogP contribution in [-0.4, -0.2) is 71.4 Å². The first kappa shape index (κ1) is 18.4. The van der Waals surface area contributed by atoms with E-state index in [9.17, 15) is 21.6 Å². The quantitative estimate of drug-likeness (QED) is 0.494. The van der Waals surface area contributed by atoms with Gasteiger partial charge in [-0.25, -0.2) is 0 Å². The maximum atomic E-state index is 12.6. The van der Waals surface area contributed by atoms with E-state index in [0.29, 0.717) is 19.6 Å². The van der Waals surface area contributed by atoms with Crippen LogP contribution in [0.15, 0.2) is 0 Å². The molecule has 0 aromatic heterocycles. The zero-order valence-corrected chi connectivity index (χ0v) is 15.2. The van der Waals surface area contributed by atoms with Gasteiger partial charge in [-0.1, -0.05) is 0 Å². The van der Waals surface area contributed by atoms with Gasteiger partial charge in [0, 0.05) is 0 Å². The van der Waals surface area contributed by atoms with E-state index in [1.165, 1.54) is 0 Å². The normalized spacial score (nSPS) is 40.8. The second-order valence-electron chi connectivity index (χ2n) is 5.49. The Hall–Kier alpha value is 0.0829. The average molecular weight is 410 g/mol. The molecule has 0 spiro atoms. The molecule has 130 valence electrons. The number of rotatable bonds is 2. The fraction of sp³-hybridized carbons (Fsp3) is 1.00. The topological polar surface area (TPSA) is 74.3 Å². The van der Waals surface area contributed by atoms with Crippen LogP contribution in [0.2, 0.25) is 0 Å². The molecule has 0 aromatic carbocycles. The van der Waals surface area contributed by atoms with Gasteiger partial charge in [0.15, 0.2) is 0 Å². The molecule has 12 heteroatoms. The van der Waals surface area contributed by atoms with Gasteiger partial charge in [-0.3, -0.25) is 0 Å². The monoisotopic (exact) mass is 411 g/mol. The van der Waals surface area contributed by atoms with Crippen LogP contribution < -0.4 is 0 Å². The molecule has 3 atom stereocenters. The molecule has 3 aliphatic rings. The Morgan fingerprint density at radius 2 is 1.36 bits per heavy atom. The summed E-state index contributed by atoms with van der Waals surface area (Å²) in [7, 11) is -5.86. The van der Waals surface area contributed by atoms with Crippen molar-refractivity contribution in [3.05, 3.63) is 0 Å². The number of hydrogen-bond acceptors (Lipinski definition) is 7. The predicted molar refractivity (Wildman–Crippen MR) is 69.9 cm³/mol. The van der Waals surface area contributed by atoms with E-state index >= 15 is 0 Å². The number of nitrogens with zero attached hydrogens (tertiary/aromatic N) is 1. The average Bonchev–Trinajstić information content (AvgIpc) is 2.20. The van der Waals surface area contributed by atoms with Gasteiger partial charge >= 0.3 is 130 Å². The number of fused-ring (bicyclic) bond motifs is 6. The van der Waals surface area contributed by atoms with E-state index in [0.717, 1.165) is 0 Å². The molecule has 3 rings (SSSR count). The molecule has 3 aliphatic heterocycles. The van der Waals surface area contributed by atoms with Crippen molar-refractivity contribution in [1.29, 1.82) is 0 Å². The Morgan fingerprint density at radius 1 is 1.00 bits per heavy atom. The minimum absolute atomic E-state index is 0.434. The molecule has 0 saturated carbocycles. The zero-order valence-electron chi connectivity index (χ0n) is 12.3. The molecule has 7 nitrogen and oxygen atoms in total. The third kappa shape index (κ3) is 4.13. The molecule has 0 aromatic rings. The van der Waals surface area contributed by atoms with E-state index in [-0.39, 0.29) is 0 Å². The van der Waals surface area contributed by atoms with Crippen molar-refractivity contribution >= 4 is 24.7 Å². The Labute approximate surface area is 130 Å². The van der Waals surface area contributed by atoms with Crippen LogP contribution in [0.5, 0.6) is 0 Å². The van der Waals surface area contributed by atoms with Crippen LogP contribution in [-0.2, 0) is 24.6 Å². The third-order valence-corrected chi connectivity index (χ3v) is 11.1. The number of alkyl halides is 3. The molecule has 3 unspecified atom stereocenters. The minimum atomic E-state index is -5.86. The molecule has 0 N–H and O–H groups in total. The van der Waals surface area contributed by atoms with Crippen LogP contribution in [0, 0.1) is 0 Å². The van der Waals surface area contributed by atoms with E-state index < -0.39 is 48.6 Å². The van der Waals surface area contributed by atoms with Crippen molar-refractivity contribution in [2.45, 2.75) is 44.6 Å². The molecule has 3 fully saturated rings. The van der Waals surface area contributed by atoms with Crippen molar-refractivity contribution < 1.29 is 36.1 Å². The van der Waals surface area contributed by atoms with Gasteiger partial charge < -0.3 is 0 Å². The van der Waals surface area contributed by atoms with Crippen LogP contribution >= 0.6 is 0 Å². The molecule has 2 bridgehead atoms. The summed E-state index contributed by atoms with van der Waals surface area (Å²) in [5.74, 6) is 0. The van der Waals surface area contributed by atoms with E-state index in [2.05, 4.69) is 3.21 Å². The van der Waals surface area contributed by atoms with E-state index in [1.54, 1.807) is 20.8 Å². The van der Waals surface area contributed by atoms with Crippen molar-refractivity contribution in [3.63, 3.8) is 0 Å². The molecular formula is C10H18F3GeNO6S. The van der Waals surface area contributed by atoms with Gasteiger partial charge in [-0.15, -0.1) is 0 Å². The van der Waals surface area contributed by atoms with Crippen molar-refractivity contribution in [3.8, 4) is 0 Å². The summed E-state index contributed by atoms with van der Waals surface area (Å²) in [6, 6.07) is 0. The second kappa shape index (κ2) is 6.18. The van der Waals surface area contributed by atoms with Crippen molar-refractivity contribution in [1.82, 2.24) is 4.90 Å². The first-order valence-corrected chi connectivity index (χ1v) is 11.5. The van der Waals surface area contributed by atoms with Crippen molar-refractivity contribution in [2.24, 2.45) is 0 Å². The zero-order chi connectivity index (χ0) is 16.8. The third-order valence-electron chi connectivity index (χ3n) is 3.08. The maximum absolute atomic E-state index is 12.6. The summed E-state index contributed by atoms with van der Waals surface area (Å²) in [4.78, 5) is 1.99. The second-order valence-corrected chi connectivity index (χ2v) is 11.7. The molecule has 0 aliphatic carbocycles. The van der Waals surface area contributed by atoms with Crippen LogP contribution in [0.1, 0.15) is 20.8 Å². The van der Waals surface area contributed by atoms with Gasteiger partial charge in [-0.2, -0.15) is 0 Å². The van der Waals surface area contributed by atoms with Gasteiger partial charge in [0.1, 0.15) is 0 Å². The summed E-state index contributed by atoms with van der Waals surface area (Å²) < 4.78 is 81.3. The Kier molecular flexibility index (Phi) is 5.18. The summed E-state index contributed by atoms with van der Waals surface area (Å²) in [5.41, 5.74) is -5.56. The number of hydrogen-bond donors (Lipinski definition) is 0. The first-order valence-electron chi connectivity index (χ1n) is 6.70. The Bertz CT molecular complexity index is 479. The Balaban J connectivity index is 2.36. The molecule has 0 amide bonds. The fourth-order valence-corrected chi connectivity index (χ4v) is 9.92. The standard InChI is InChI=1S/C10H18F3GeNO6S/c1-7-4-15-5-8(2)19-14(18-7,20-9(3)6-15)21-22(16,17)10(11,12)13/h7-9H,4-6H2,1-3H3. The van der Waals surface area contributed by atoms with Crippen LogP contribution in [0.3, 0.4) is 0 Å². The summed E-state index contributed by atoms with van der Waals surface area (Å²) >= 11 is -5.11. The van der Waals surface area contributed by atoms with Crippen molar-refractivity contribution in [2.75, 3.05) is 19.6 Å². The molecule has 22 heavy (non-hydrogen) atoms. The molecule has 3 heterocycles. The van der Waals surface area contributed by atoms with E-state index in [1.807, 2.05) is 4.90 Å². The predicted octanol–water partition coefficient (Wildman–Crippen LogP) is 0.833. The van der Waals surface area contributed by atoms with Crippen LogP contribution in [0.4, 0.5) is 13.2 Å². The summed E-state index contributed by atoms with van der Waals surface area (Å²) in [5, 5.41) is 0. The van der Waals surface area contributed by atoms with Gasteiger partial charge in [0.05, 0.1) is 0 Å². The SMILES string of the molecule is CC1CN2CC(C)[O][Ge]([O]S(=O)(=O)C(F)(F)F)([O]1)[O]C(C)C2. The summed E-state index contributed by atoms with van der Waals surface area (Å²) in [6.07, 6.45) is -1.70. The summed E-state index contributed by atoms with van der Waals surface area (Å²) in [6.45, 7) is 6.12. The van der Waals surface area contributed by atoms with Gasteiger partial charge in [0.25, 0.3) is 0 Å². The Morgan fingerprint density at radius 3 is 1.68 bits per heavy atom. The van der Waals surface area contributed by atoms with Crippen LogP contribution in [0.25, 0.3) is 0 Å². The van der Waals surface area contributed by atoms with E-state index in [4.69, 9.17) is 11.3 Å². The molecule has 3 saturated heterocycles. The van der Waals surface area contributed by atoms with Gasteiger partial charge in [0.2, 0.25) is 0 Å².